The molecule has 0 aromatic carbocycles. The molecule has 0 aliphatic rings. The number of carbonyl (C=O) groups excluding carboxylic acids is 1. The van der Waals surface area contributed by atoms with Gasteiger partial charge in [0.05, 0.1) is 6.04 Å². The highest BCUT2D eigenvalue weighted by molar-refractivity contribution is 5.99. The van der Waals surface area contributed by atoms with Gasteiger partial charge in [0.15, 0.2) is 0 Å². The average molecular weight is 121 g/mol. The highest BCUT2D eigenvalue weighted by Crippen LogP contribution is 1.85. The van der Waals surface area contributed by atoms with Crippen LogP contribution in [-0.4, -0.2) is 11.8 Å². The SMILES string of the molecule is C#CCC(N)C(=O)C#C. The van der Waals surface area contributed by atoms with Crippen LogP contribution in [0, 0.1) is 24.7 Å². The van der Waals surface area contributed by atoms with Crippen molar-refractivity contribution in [3.8, 4) is 24.7 Å². The number of nitrogens with two attached hydrogens (primary N) is 1. The fourth-order valence-corrected chi connectivity index (χ4v) is 0.327. The molecular formula is C7H7NO. The Morgan fingerprint density at radius 2 is 2.22 bits per heavy atom. The quantitative estimate of drug-likeness (QED) is 0.397. The molecule has 0 fully saturated rings. The van der Waals surface area contributed by atoms with Gasteiger partial charge in [0.2, 0.25) is 5.78 Å². The summed E-state index contributed by atoms with van der Waals surface area (Å²) in [5.41, 5.74) is 5.20. The van der Waals surface area contributed by atoms with Gasteiger partial charge in [-0.2, -0.15) is 0 Å². The van der Waals surface area contributed by atoms with Crippen molar-refractivity contribution in [1.82, 2.24) is 0 Å². The zero-order valence-corrected chi connectivity index (χ0v) is 4.92. The Hall–Kier alpha value is -1.25. The molecule has 0 amide bonds. The molecular weight excluding hydrogens is 114 g/mol. The van der Waals surface area contributed by atoms with E-state index in [2.05, 4.69) is 5.92 Å². The number of rotatable bonds is 2. The van der Waals surface area contributed by atoms with E-state index in [9.17, 15) is 4.79 Å². The van der Waals surface area contributed by atoms with E-state index in [0.717, 1.165) is 0 Å². The van der Waals surface area contributed by atoms with Gasteiger partial charge in [0.1, 0.15) is 0 Å². The summed E-state index contributed by atoms with van der Waals surface area (Å²) in [6.45, 7) is 0. The van der Waals surface area contributed by atoms with Crippen LogP contribution >= 0.6 is 0 Å². The van der Waals surface area contributed by atoms with E-state index in [4.69, 9.17) is 18.6 Å². The molecule has 0 spiro atoms. The Morgan fingerprint density at radius 1 is 1.67 bits per heavy atom. The van der Waals surface area contributed by atoms with Crippen molar-refractivity contribution in [3.63, 3.8) is 0 Å². The summed E-state index contributed by atoms with van der Waals surface area (Å²) in [5.74, 6) is 3.69. The van der Waals surface area contributed by atoms with Crippen LogP contribution in [0.4, 0.5) is 0 Å². The lowest BCUT2D eigenvalue weighted by Gasteiger charge is -1.97. The first kappa shape index (κ1) is 7.75. The summed E-state index contributed by atoms with van der Waals surface area (Å²) in [5, 5.41) is 0. The third-order valence-electron chi connectivity index (χ3n) is 0.817. The van der Waals surface area contributed by atoms with Gasteiger partial charge in [-0.15, -0.1) is 18.8 Å². The highest BCUT2D eigenvalue weighted by Gasteiger charge is 2.06. The lowest BCUT2D eigenvalue weighted by atomic mass is 10.1. The predicted octanol–water partition coefficient (Wildman–Crippen LogP) is -0.461. The molecule has 46 valence electrons. The monoisotopic (exact) mass is 121 g/mol. The number of hydrogen-bond acceptors (Lipinski definition) is 2. The maximum absolute atomic E-state index is 10.4. The Kier molecular flexibility index (Phi) is 3.20. The molecule has 0 rings (SSSR count). The molecule has 0 aromatic heterocycles. The number of terminal acetylenes is 2. The van der Waals surface area contributed by atoms with Crippen LogP contribution in [0.15, 0.2) is 0 Å². The minimum absolute atomic E-state index is 0.211. The van der Waals surface area contributed by atoms with Crippen molar-refractivity contribution >= 4 is 5.78 Å². The summed E-state index contributed by atoms with van der Waals surface area (Å²) in [7, 11) is 0. The summed E-state index contributed by atoms with van der Waals surface area (Å²) < 4.78 is 0. The van der Waals surface area contributed by atoms with Gasteiger partial charge in [-0.1, -0.05) is 0 Å². The number of carbonyl (C=O) groups is 1. The lowest BCUT2D eigenvalue weighted by molar-refractivity contribution is -0.114. The van der Waals surface area contributed by atoms with Gasteiger partial charge < -0.3 is 5.73 Å². The van der Waals surface area contributed by atoms with Gasteiger partial charge in [-0.05, 0) is 5.92 Å². The second-order valence-corrected chi connectivity index (χ2v) is 1.52. The van der Waals surface area contributed by atoms with Gasteiger partial charge in [0, 0.05) is 6.42 Å². The van der Waals surface area contributed by atoms with E-state index in [1.54, 1.807) is 0 Å². The minimum atomic E-state index is -0.681. The normalized spacial score (nSPS) is 11.0. The van der Waals surface area contributed by atoms with E-state index in [0.29, 0.717) is 0 Å². The maximum atomic E-state index is 10.4. The fourth-order valence-electron chi connectivity index (χ4n) is 0.327. The van der Waals surface area contributed by atoms with E-state index in [-0.39, 0.29) is 6.42 Å². The topological polar surface area (TPSA) is 43.1 Å². The van der Waals surface area contributed by atoms with Crippen LogP contribution in [0.25, 0.3) is 0 Å². The van der Waals surface area contributed by atoms with E-state index >= 15 is 0 Å². The second-order valence-electron chi connectivity index (χ2n) is 1.52. The Labute approximate surface area is 54.4 Å². The summed E-state index contributed by atoms with van der Waals surface area (Å²) in [4.78, 5) is 10.4. The molecule has 0 aliphatic carbocycles. The second kappa shape index (κ2) is 3.72. The summed E-state index contributed by atoms with van der Waals surface area (Å²) in [6.07, 6.45) is 9.84. The molecule has 1 atom stereocenters. The van der Waals surface area contributed by atoms with Gasteiger partial charge >= 0.3 is 0 Å². The summed E-state index contributed by atoms with van der Waals surface area (Å²) in [6, 6.07) is -0.681. The predicted molar refractivity (Wildman–Crippen MR) is 35.3 cm³/mol. The Balaban J connectivity index is 3.80. The van der Waals surface area contributed by atoms with E-state index < -0.39 is 11.8 Å². The Morgan fingerprint density at radius 3 is 2.56 bits per heavy atom. The smallest absolute Gasteiger partial charge is 0.222 e. The number of hydrogen-bond donors (Lipinski definition) is 1. The summed E-state index contributed by atoms with van der Waals surface area (Å²) >= 11 is 0. The van der Waals surface area contributed by atoms with Crippen molar-refractivity contribution in [2.24, 2.45) is 5.73 Å². The molecule has 1 unspecified atom stereocenters. The van der Waals surface area contributed by atoms with Crippen LogP contribution in [0.3, 0.4) is 0 Å². The third-order valence-corrected chi connectivity index (χ3v) is 0.817. The highest BCUT2D eigenvalue weighted by atomic mass is 16.1. The molecule has 2 N–H and O–H groups in total. The molecule has 0 bridgehead atoms. The molecule has 0 aliphatic heterocycles. The fraction of sp³-hybridized carbons (Fsp3) is 0.286. The maximum Gasteiger partial charge on any atom is 0.222 e. The van der Waals surface area contributed by atoms with Crippen LogP contribution in [-0.2, 0) is 4.79 Å². The zero-order valence-electron chi connectivity index (χ0n) is 4.92. The van der Waals surface area contributed by atoms with Crippen molar-refractivity contribution in [1.29, 1.82) is 0 Å². The van der Waals surface area contributed by atoms with Crippen LogP contribution in [0.1, 0.15) is 6.42 Å². The van der Waals surface area contributed by atoms with Crippen molar-refractivity contribution in [2.75, 3.05) is 0 Å². The molecule has 0 saturated carbocycles. The first-order chi connectivity index (χ1) is 4.22. The van der Waals surface area contributed by atoms with Crippen LogP contribution < -0.4 is 5.73 Å². The molecule has 9 heavy (non-hydrogen) atoms. The largest absolute Gasteiger partial charge is 0.320 e. The van der Waals surface area contributed by atoms with Gasteiger partial charge in [0.25, 0.3) is 0 Å². The van der Waals surface area contributed by atoms with E-state index in [1.165, 1.54) is 0 Å². The zero-order chi connectivity index (χ0) is 7.28. The molecule has 2 heteroatoms. The molecule has 0 saturated heterocycles. The number of ketones is 1. The molecule has 0 heterocycles. The third kappa shape index (κ3) is 2.54. The van der Waals surface area contributed by atoms with E-state index in [1.807, 2.05) is 5.92 Å². The van der Waals surface area contributed by atoms with Crippen molar-refractivity contribution in [3.05, 3.63) is 0 Å². The molecule has 0 aromatic rings. The number of Topliss-reactive ketones (excluding diaryl/α,β-unsaturated/α-hetero) is 1. The van der Waals surface area contributed by atoms with Crippen molar-refractivity contribution < 1.29 is 4.79 Å². The van der Waals surface area contributed by atoms with Gasteiger partial charge in [-0.25, -0.2) is 0 Å². The van der Waals surface area contributed by atoms with Gasteiger partial charge in [-0.3, -0.25) is 4.79 Å². The minimum Gasteiger partial charge on any atom is -0.320 e. The van der Waals surface area contributed by atoms with Crippen LogP contribution in [0.5, 0.6) is 0 Å². The first-order valence-electron chi connectivity index (χ1n) is 2.42. The Bertz CT molecular complexity index is 182. The lowest BCUT2D eigenvalue weighted by Crippen LogP contribution is -2.28. The van der Waals surface area contributed by atoms with Crippen LogP contribution in [0.2, 0.25) is 0 Å². The molecule has 0 radical (unpaired) electrons. The standard InChI is InChI=1S/C7H7NO/c1-3-5-6(8)7(9)4-2/h1-2,6H,5,8H2. The average Bonchev–Trinajstić information content (AvgIpc) is 1.87. The van der Waals surface area contributed by atoms with Crippen molar-refractivity contribution in [2.45, 2.75) is 12.5 Å². The first-order valence-corrected chi connectivity index (χ1v) is 2.42. The molecule has 2 nitrogen and oxygen atoms in total.